The molecule has 0 atom stereocenters. The summed E-state index contributed by atoms with van der Waals surface area (Å²) >= 11 is -1.09. The average Bonchev–Trinajstić information content (AvgIpc) is 3.07. The van der Waals surface area contributed by atoms with Crippen molar-refractivity contribution >= 4 is 16.3 Å². The molecule has 1 heteroatoms. The van der Waals surface area contributed by atoms with E-state index in [-0.39, 0.29) is 0 Å². The van der Waals surface area contributed by atoms with Crippen molar-refractivity contribution in [2.45, 2.75) is 64.5 Å². The Morgan fingerprint density at radius 2 is 1.57 bits per heavy atom. The zero-order valence-corrected chi connectivity index (χ0v) is 22.0. The van der Waals surface area contributed by atoms with Gasteiger partial charge in [0.05, 0.1) is 0 Å². The van der Waals surface area contributed by atoms with Gasteiger partial charge in [-0.15, -0.1) is 0 Å². The molecule has 2 aliphatic carbocycles. The van der Waals surface area contributed by atoms with Crippen molar-refractivity contribution in [3.8, 4) is 0 Å². The van der Waals surface area contributed by atoms with E-state index in [1.165, 1.54) is 23.6 Å². The molecule has 2 aromatic carbocycles. The molecule has 2 aliphatic rings. The van der Waals surface area contributed by atoms with Crippen LogP contribution in [0.4, 0.5) is 0 Å². The zero-order valence-electron chi connectivity index (χ0n) is 18.5. The summed E-state index contributed by atoms with van der Waals surface area (Å²) in [4.78, 5) is 0. The van der Waals surface area contributed by atoms with Gasteiger partial charge in [-0.05, 0) is 0 Å². The van der Waals surface area contributed by atoms with Crippen molar-refractivity contribution in [2.24, 2.45) is 5.92 Å². The Morgan fingerprint density at radius 3 is 2.21 bits per heavy atom. The predicted octanol–water partition coefficient (Wildman–Crippen LogP) is 8.10. The third-order valence-electron chi connectivity index (χ3n) is 7.25. The fourth-order valence-electron chi connectivity index (χ4n) is 5.10. The fraction of sp³-hybridized carbons (Fsp3) is 0.407. The molecule has 0 nitrogen and oxygen atoms in total. The Bertz CT molecular complexity index is 1030. The third kappa shape index (κ3) is 3.05. The Morgan fingerprint density at radius 1 is 0.929 bits per heavy atom. The maximum absolute atomic E-state index is 2.56. The molecule has 0 aromatic heterocycles. The normalized spacial score (nSPS) is 18.7. The molecule has 0 heterocycles. The minimum atomic E-state index is -1.09. The van der Waals surface area contributed by atoms with Crippen LogP contribution in [0.2, 0.25) is 3.17 Å². The van der Waals surface area contributed by atoms with E-state index in [4.69, 9.17) is 0 Å². The SMILES string of the molecule is CC1=C(C)[C](C)([Hf][C]2=C(CC(C)C)c3c(ccc4ccccc34)C2)C(C)=C1C. The van der Waals surface area contributed by atoms with Gasteiger partial charge in [0.2, 0.25) is 0 Å². The third-order valence-corrected chi connectivity index (χ3v) is 14.5. The van der Waals surface area contributed by atoms with Crippen molar-refractivity contribution < 1.29 is 22.9 Å². The number of allylic oxidation sites excluding steroid dienone is 6. The van der Waals surface area contributed by atoms with E-state index in [1.807, 2.05) is 3.33 Å². The van der Waals surface area contributed by atoms with Gasteiger partial charge in [0.25, 0.3) is 0 Å². The number of rotatable bonds is 4. The van der Waals surface area contributed by atoms with Gasteiger partial charge in [0.15, 0.2) is 0 Å². The molecular formula is C27H32Hf. The average molecular weight is 535 g/mol. The van der Waals surface area contributed by atoms with E-state index >= 15 is 0 Å². The van der Waals surface area contributed by atoms with E-state index < -0.39 is 22.9 Å². The molecule has 0 bridgehead atoms. The molecule has 0 radical (unpaired) electrons. The number of benzene rings is 2. The molecule has 4 rings (SSSR count). The van der Waals surface area contributed by atoms with Gasteiger partial charge in [-0.1, -0.05) is 0 Å². The Balaban J connectivity index is 1.86. The van der Waals surface area contributed by atoms with Crippen LogP contribution in [0.5, 0.6) is 0 Å². The van der Waals surface area contributed by atoms with Crippen molar-refractivity contribution in [1.82, 2.24) is 0 Å². The van der Waals surface area contributed by atoms with Crippen LogP contribution in [0.3, 0.4) is 0 Å². The van der Waals surface area contributed by atoms with Crippen LogP contribution in [0.15, 0.2) is 62.0 Å². The minimum absolute atomic E-state index is 0.365. The fourth-order valence-corrected chi connectivity index (χ4v) is 12.3. The van der Waals surface area contributed by atoms with E-state index in [2.05, 4.69) is 84.9 Å². The van der Waals surface area contributed by atoms with Crippen LogP contribution in [0, 0.1) is 5.92 Å². The molecule has 0 N–H and O–H groups in total. The summed E-state index contributed by atoms with van der Waals surface area (Å²) in [6.07, 6.45) is 2.43. The predicted molar refractivity (Wildman–Crippen MR) is 119 cm³/mol. The van der Waals surface area contributed by atoms with Crippen LogP contribution >= 0.6 is 0 Å². The van der Waals surface area contributed by atoms with E-state index in [1.54, 1.807) is 39.0 Å². The van der Waals surface area contributed by atoms with E-state index in [0.717, 1.165) is 0 Å². The molecule has 2 aromatic rings. The monoisotopic (exact) mass is 536 g/mol. The number of hydrogen-bond donors (Lipinski definition) is 0. The molecule has 0 fully saturated rings. The zero-order chi connectivity index (χ0) is 20.2. The van der Waals surface area contributed by atoms with Crippen molar-refractivity contribution in [3.63, 3.8) is 0 Å². The second kappa shape index (κ2) is 7.24. The molecule has 0 aliphatic heterocycles. The molecule has 0 amide bonds. The van der Waals surface area contributed by atoms with Gasteiger partial charge in [0, 0.05) is 0 Å². The summed E-state index contributed by atoms with van der Waals surface area (Å²) in [5.41, 5.74) is 11.3. The first kappa shape index (κ1) is 20.1. The molecule has 144 valence electrons. The Kier molecular flexibility index (Phi) is 5.19. The van der Waals surface area contributed by atoms with Crippen LogP contribution in [-0.2, 0) is 29.3 Å². The first-order valence-electron chi connectivity index (χ1n) is 10.6. The summed E-state index contributed by atoms with van der Waals surface area (Å²) in [6, 6.07) is 13.7. The number of fused-ring (bicyclic) bond motifs is 3. The Hall–Kier alpha value is -1.21. The summed E-state index contributed by atoms with van der Waals surface area (Å²) in [6.45, 7) is 16.8. The van der Waals surface area contributed by atoms with Gasteiger partial charge in [-0.25, -0.2) is 0 Å². The standard InChI is InChI=1S/C17H17.C10H15.Hf/c1-12(2)11-15-10-9-14-8-7-13-5-3-4-6-16(13)17(14)15;1-6-7(2)9(4)10(5)8(6)3;/h3-8,12H,9,11H2,1-2H3;1-5H3;. The van der Waals surface area contributed by atoms with Gasteiger partial charge >= 0.3 is 183 Å². The second-order valence-corrected chi connectivity index (χ2v) is 16.0. The van der Waals surface area contributed by atoms with Gasteiger partial charge in [-0.3, -0.25) is 0 Å². The first-order valence-corrected chi connectivity index (χ1v) is 14.2. The molecule has 0 spiro atoms. The van der Waals surface area contributed by atoms with Crippen molar-refractivity contribution in [2.75, 3.05) is 0 Å². The van der Waals surface area contributed by atoms with Crippen molar-refractivity contribution in [3.05, 3.63) is 73.1 Å². The van der Waals surface area contributed by atoms with Crippen LogP contribution in [0.25, 0.3) is 16.3 Å². The topological polar surface area (TPSA) is 0 Å². The van der Waals surface area contributed by atoms with Crippen molar-refractivity contribution in [1.29, 1.82) is 0 Å². The summed E-state index contributed by atoms with van der Waals surface area (Å²) in [5, 5.41) is 2.86. The summed E-state index contributed by atoms with van der Waals surface area (Å²) in [7, 11) is 0. The van der Waals surface area contributed by atoms with E-state index in [9.17, 15) is 0 Å². The second-order valence-electron chi connectivity index (χ2n) is 9.30. The molecule has 28 heavy (non-hydrogen) atoms. The molecule has 0 saturated carbocycles. The van der Waals surface area contributed by atoms with Crippen LogP contribution in [-0.4, -0.2) is 0 Å². The van der Waals surface area contributed by atoms with E-state index in [0.29, 0.717) is 9.09 Å². The van der Waals surface area contributed by atoms with Crippen LogP contribution in [0.1, 0.15) is 66.0 Å². The quantitative estimate of drug-likeness (QED) is 0.348. The summed E-state index contributed by atoms with van der Waals surface area (Å²) < 4.78 is 2.23. The summed E-state index contributed by atoms with van der Waals surface area (Å²) in [5.74, 6) is 0.701. The van der Waals surface area contributed by atoms with Gasteiger partial charge in [0.1, 0.15) is 0 Å². The first-order chi connectivity index (χ1) is 13.2. The molecule has 0 saturated heterocycles. The number of hydrogen-bond acceptors (Lipinski definition) is 0. The molecular weight excluding hydrogens is 503 g/mol. The molecule has 0 unspecified atom stereocenters. The van der Waals surface area contributed by atoms with Crippen LogP contribution < -0.4 is 0 Å². The Labute approximate surface area is 182 Å². The maximum atomic E-state index is 2.56. The van der Waals surface area contributed by atoms with Gasteiger partial charge < -0.3 is 0 Å². The van der Waals surface area contributed by atoms with Gasteiger partial charge in [-0.2, -0.15) is 0 Å².